The second kappa shape index (κ2) is 9.88. The Morgan fingerprint density at radius 1 is 1.00 bits per heavy atom. The topological polar surface area (TPSA) is 93.5 Å². The molecule has 1 fully saturated rings. The molecule has 0 amide bonds. The van der Waals surface area contributed by atoms with Gasteiger partial charge in [0.25, 0.3) is 0 Å². The van der Waals surface area contributed by atoms with Crippen LogP contribution in [0.2, 0.25) is 0 Å². The number of methoxy groups -OCH3 is 1. The van der Waals surface area contributed by atoms with Gasteiger partial charge in [-0.2, -0.15) is 0 Å². The predicted molar refractivity (Wildman–Crippen MR) is 126 cm³/mol. The summed E-state index contributed by atoms with van der Waals surface area (Å²) in [4.78, 5) is 4.95. The van der Waals surface area contributed by atoms with E-state index in [1.165, 1.54) is 4.68 Å². The van der Waals surface area contributed by atoms with Crippen molar-refractivity contribution in [1.82, 2.24) is 25.1 Å². The first kappa shape index (κ1) is 23.2. The molecule has 33 heavy (non-hydrogen) atoms. The molecule has 1 unspecified atom stereocenters. The van der Waals surface area contributed by atoms with E-state index in [0.717, 1.165) is 49.6 Å². The van der Waals surface area contributed by atoms with Gasteiger partial charge in [0.15, 0.2) is 21.5 Å². The van der Waals surface area contributed by atoms with Crippen molar-refractivity contribution >= 4 is 15.5 Å². The van der Waals surface area contributed by atoms with E-state index in [-0.39, 0.29) is 16.8 Å². The standard InChI is InChI=1S/C23H30N6O3S/c1-4-22(28-15-13-27(14-16-28)19-7-9-20(32-3)10-8-19)23-24-25-26-29(23)17-33(30,31)21-11-5-18(2)6-12-21/h5-12,22H,4,13-17H2,1-3H3. The molecule has 4 rings (SSSR count). The van der Waals surface area contributed by atoms with Gasteiger partial charge in [0.1, 0.15) is 5.75 Å². The molecule has 0 radical (unpaired) electrons. The van der Waals surface area contributed by atoms with Crippen molar-refractivity contribution in [3.8, 4) is 5.75 Å². The van der Waals surface area contributed by atoms with Gasteiger partial charge in [0, 0.05) is 31.9 Å². The number of piperazine rings is 1. The van der Waals surface area contributed by atoms with Crippen LogP contribution >= 0.6 is 0 Å². The fourth-order valence-electron chi connectivity index (χ4n) is 4.21. The van der Waals surface area contributed by atoms with Crippen LogP contribution in [-0.2, 0) is 15.7 Å². The summed E-state index contributed by atoms with van der Waals surface area (Å²) in [7, 11) is -1.90. The van der Waals surface area contributed by atoms with Crippen LogP contribution in [0.3, 0.4) is 0 Å². The van der Waals surface area contributed by atoms with Gasteiger partial charge < -0.3 is 9.64 Å². The number of nitrogens with zero attached hydrogens (tertiary/aromatic N) is 6. The molecule has 0 spiro atoms. The Morgan fingerprint density at radius 3 is 2.27 bits per heavy atom. The van der Waals surface area contributed by atoms with E-state index in [4.69, 9.17) is 4.74 Å². The van der Waals surface area contributed by atoms with E-state index in [2.05, 4.69) is 44.4 Å². The molecule has 0 bridgehead atoms. The maximum Gasteiger partial charge on any atom is 0.198 e. The van der Waals surface area contributed by atoms with Gasteiger partial charge in [0.05, 0.1) is 18.0 Å². The number of sulfone groups is 1. The largest absolute Gasteiger partial charge is 0.497 e. The molecule has 2 heterocycles. The lowest BCUT2D eigenvalue weighted by atomic mass is 10.1. The minimum Gasteiger partial charge on any atom is -0.497 e. The first-order valence-corrected chi connectivity index (χ1v) is 12.7. The molecule has 0 saturated carbocycles. The summed E-state index contributed by atoms with van der Waals surface area (Å²) < 4.78 is 32.6. The number of aromatic nitrogens is 4. The van der Waals surface area contributed by atoms with Gasteiger partial charge in [-0.05, 0) is 60.2 Å². The molecule has 1 aliphatic rings. The summed E-state index contributed by atoms with van der Waals surface area (Å²) in [5.41, 5.74) is 2.18. The lowest BCUT2D eigenvalue weighted by Gasteiger charge is -2.39. The molecule has 9 nitrogen and oxygen atoms in total. The molecule has 1 atom stereocenters. The number of aryl methyl sites for hydroxylation is 1. The van der Waals surface area contributed by atoms with Crippen LogP contribution in [0.1, 0.15) is 30.8 Å². The van der Waals surface area contributed by atoms with Crippen molar-refractivity contribution in [2.45, 2.75) is 37.1 Å². The zero-order valence-corrected chi connectivity index (χ0v) is 20.1. The number of anilines is 1. The van der Waals surface area contributed by atoms with E-state index in [9.17, 15) is 8.42 Å². The summed E-state index contributed by atoms with van der Waals surface area (Å²) in [6.07, 6.45) is 0.785. The molecule has 0 N–H and O–H groups in total. The minimum atomic E-state index is -3.56. The molecule has 1 aromatic heterocycles. The predicted octanol–water partition coefficient (Wildman–Crippen LogP) is 2.69. The maximum atomic E-state index is 13.0. The highest BCUT2D eigenvalue weighted by Crippen LogP contribution is 2.27. The number of hydrogen-bond acceptors (Lipinski definition) is 8. The number of tetrazole rings is 1. The van der Waals surface area contributed by atoms with Crippen molar-refractivity contribution in [1.29, 1.82) is 0 Å². The summed E-state index contributed by atoms with van der Waals surface area (Å²) in [5, 5.41) is 12.0. The first-order chi connectivity index (χ1) is 15.9. The zero-order chi connectivity index (χ0) is 23.4. The number of ether oxygens (including phenoxy) is 1. The third kappa shape index (κ3) is 5.17. The van der Waals surface area contributed by atoms with Crippen LogP contribution in [0.25, 0.3) is 0 Å². The number of hydrogen-bond donors (Lipinski definition) is 0. The van der Waals surface area contributed by atoms with E-state index >= 15 is 0 Å². The maximum absolute atomic E-state index is 13.0. The zero-order valence-electron chi connectivity index (χ0n) is 19.3. The number of benzene rings is 2. The van der Waals surface area contributed by atoms with Crippen molar-refractivity contribution in [2.24, 2.45) is 0 Å². The second-order valence-corrected chi connectivity index (χ2v) is 10.2. The van der Waals surface area contributed by atoms with E-state index in [1.54, 1.807) is 31.4 Å². The van der Waals surface area contributed by atoms with Crippen LogP contribution in [0.4, 0.5) is 5.69 Å². The second-order valence-electron chi connectivity index (χ2n) is 8.24. The highest BCUT2D eigenvalue weighted by atomic mass is 32.2. The summed E-state index contributed by atoms with van der Waals surface area (Å²) in [6.45, 7) is 7.41. The SMILES string of the molecule is CCC(c1nnnn1CS(=O)(=O)c1ccc(C)cc1)N1CCN(c2ccc(OC)cc2)CC1. The van der Waals surface area contributed by atoms with Crippen molar-refractivity contribution in [2.75, 3.05) is 38.2 Å². The highest BCUT2D eigenvalue weighted by Gasteiger charge is 2.29. The van der Waals surface area contributed by atoms with E-state index in [0.29, 0.717) is 5.82 Å². The molecule has 176 valence electrons. The fraction of sp³-hybridized carbons (Fsp3) is 0.435. The summed E-state index contributed by atoms with van der Waals surface area (Å²) >= 11 is 0. The van der Waals surface area contributed by atoms with Crippen LogP contribution < -0.4 is 9.64 Å². The monoisotopic (exact) mass is 470 g/mol. The highest BCUT2D eigenvalue weighted by molar-refractivity contribution is 7.90. The Kier molecular flexibility index (Phi) is 6.94. The van der Waals surface area contributed by atoms with E-state index in [1.807, 2.05) is 19.1 Å². The average Bonchev–Trinajstić information content (AvgIpc) is 3.27. The van der Waals surface area contributed by atoms with Crippen LogP contribution in [0.15, 0.2) is 53.4 Å². The Labute approximate surface area is 194 Å². The average molecular weight is 471 g/mol. The molecule has 1 aliphatic heterocycles. The molecule has 0 aliphatic carbocycles. The van der Waals surface area contributed by atoms with Gasteiger partial charge in [-0.25, -0.2) is 13.1 Å². The molecular weight excluding hydrogens is 440 g/mol. The van der Waals surface area contributed by atoms with Crippen molar-refractivity contribution in [3.05, 3.63) is 59.9 Å². The fourth-order valence-corrected chi connectivity index (χ4v) is 5.42. The van der Waals surface area contributed by atoms with Gasteiger partial charge in [-0.3, -0.25) is 4.90 Å². The van der Waals surface area contributed by atoms with Gasteiger partial charge in [0.2, 0.25) is 0 Å². The van der Waals surface area contributed by atoms with Crippen molar-refractivity contribution in [3.63, 3.8) is 0 Å². The van der Waals surface area contributed by atoms with Gasteiger partial charge in [-0.1, -0.05) is 24.6 Å². The normalized spacial score (nSPS) is 16.0. The smallest absolute Gasteiger partial charge is 0.198 e. The Morgan fingerprint density at radius 2 is 1.67 bits per heavy atom. The van der Waals surface area contributed by atoms with Crippen LogP contribution in [0.5, 0.6) is 5.75 Å². The van der Waals surface area contributed by atoms with Crippen LogP contribution in [-0.4, -0.2) is 66.8 Å². The Hall–Kier alpha value is -2.98. The quantitative estimate of drug-likeness (QED) is 0.496. The first-order valence-electron chi connectivity index (χ1n) is 11.1. The molecule has 1 saturated heterocycles. The Bertz CT molecular complexity index is 1150. The Balaban J connectivity index is 1.46. The third-order valence-corrected chi connectivity index (χ3v) is 7.68. The summed E-state index contributed by atoms with van der Waals surface area (Å²) in [5.74, 6) is 1.16. The third-order valence-electron chi connectivity index (χ3n) is 6.11. The van der Waals surface area contributed by atoms with E-state index < -0.39 is 9.84 Å². The van der Waals surface area contributed by atoms with Crippen molar-refractivity contribution < 1.29 is 13.2 Å². The molecule has 2 aromatic carbocycles. The van der Waals surface area contributed by atoms with Crippen LogP contribution in [0, 0.1) is 6.92 Å². The minimum absolute atomic E-state index is 0.0498. The molecule has 10 heteroatoms. The van der Waals surface area contributed by atoms with Gasteiger partial charge >= 0.3 is 0 Å². The van der Waals surface area contributed by atoms with Gasteiger partial charge in [-0.15, -0.1) is 5.10 Å². The molecule has 3 aromatic rings. The number of rotatable bonds is 8. The molecular formula is C23H30N6O3S. The lowest BCUT2D eigenvalue weighted by Crippen LogP contribution is -2.48. The lowest BCUT2D eigenvalue weighted by molar-refractivity contribution is 0.170. The summed E-state index contributed by atoms with van der Waals surface area (Å²) in [6, 6.07) is 14.9.